The van der Waals surface area contributed by atoms with Gasteiger partial charge in [0.1, 0.15) is 0 Å². The number of hydrogen-bond donors (Lipinski definition) is 3. The lowest BCUT2D eigenvalue weighted by molar-refractivity contribution is 0.126. The van der Waals surface area contributed by atoms with Crippen LogP contribution in [0.4, 0.5) is 16.2 Å². The Labute approximate surface area is 99.5 Å². The second-order valence-electron chi connectivity index (χ2n) is 4.29. The highest BCUT2D eigenvalue weighted by Crippen LogP contribution is 2.22. The summed E-state index contributed by atoms with van der Waals surface area (Å²) in [5.74, 6) is 0.172. The van der Waals surface area contributed by atoms with Crippen LogP contribution in [0.25, 0.3) is 0 Å². The molecular formula is C11H17FN4O. The summed E-state index contributed by atoms with van der Waals surface area (Å²) >= 11 is 0. The summed E-state index contributed by atoms with van der Waals surface area (Å²) in [7, 11) is 1.69. The maximum atomic E-state index is 13.5. The van der Waals surface area contributed by atoms with E-state index in [-0.39, 0.29) is 18.0 Å². The fourth-order valence-electron chi connectivity index (χ4n) is 2.00. The van der Waals surface area contributed by atoms with E-state index in [1.807, 2.05) is 0 Å². The standard InChI is InChI=1S/C11H17FN4O/c1-13-11-14-6-9(12)10(16-11)15-7-2-4-8(17)5-3-7/h6-8,17H,2-5H2,1H3,(H2,13,14,15,16). The van der Waals surface area contributed by atoms with Crippen LogP contribution in [0.5, 0.6) is 0 Å². The van der Waals surface area contributed by atoms with Crippen molar-refractivity contribution in [2.45, 2.75) is 37.8 Å². The fourth-order valence-corrected chi connectivity index (χ4v) is 2.00. The van der Waals surface area contributed by atoms with Gasteiger partial charge in [0, 0.05) is 13.1 Å². The molecule has 0 atom stereocenters. The molecule has 94 valence electrons. The van der Waals surface area contributed by atoms with E-state index in [0.717, 1.165) is 31.9 Å². The van der Waals surface area contributed by atoms with Crippen molar-refractivity contribution >= 4 is 11.8 Å². The van der Waals surface area contributed by atoms with Crippen molar-refractivity contribution in [3.63, 3.8) is 0 Å². The molecule has 1 aliphatic rings. The average molecular weight is 240 g/mol. The number of rotatable bonds is 3. The van der Waals surface area contributed by atoms with Crippen molar-refractivity contribution < 1.29 is 9.50 Å². The molecule has 0 aliphatic heterocycles. The molecule has 0 spiro atoms. The molecule has 6 heteroatoms. The zero-order chi connectivity index (χ0) is 12.3. The quantitative estimate of drug-likeness (QED) is 0.744. The van der Waals surface area contributed by atoms with Gasteiger partial charge in [-0.2, -0.15) is 4.98 Å². The van der Waals surface area contributed by atoms with Crippen molar-refractivity contribution in [1.29, 1.82) is 0 Å². The minimum Gasteiger partial charge on any atom is -0.393 e. The van der Waals surface area contributed by atoms with Crippen molar-refractivity contribution in [2.24, 2.45) is 0 Å². The van der Waals surface area contributed by atoms with Crippen LogP contribution >= 0.6 is 0 Å². The lowest BCUT2D eigenvalue weighted by Crippen LogP contribution is -2.29. The normalized spacial score (nSPS) is 24.4. The molecular weight excluding hydrogens is 223 g/mol. The number of aromatic nitrogens is 2. The molecule has 0 bridgehead atoms. The minimum atomic E-state index is -0.449. The average Bonchev–Trinajstić information content (AvgIpc) is 2.35. The highest BCUT2D eigenvalue weighted by Gasteiger charge is 2.20. The first kappa shape index (κ1) is 12.0. The summed E-state index contributed by atoms with van der Waals surface area (Å²) in [6, 6.07) is 0.174. The summed E-state index contributed by atoms with van der Waals surface area (Å²) < 4.78 is 13.5. The highest BCUT2D eigenvalue weighted by molar-refractivity contribution is 5.41. The van der Waals surface area contributed by atoms with Crippen LogP contribution in [0.1, 0.15) is 25.7 Å². The molecule has 0 radical (unpaired) electrons. The summed E-state index contributed by atoms with van der Waals surface area (Å²) in [6.45, 7) is 0. The third-order valence-corrected chi connectivity index (χ3v) is 3.01. The zero-order valence-corrected chi connectivity index (χ0v) is 9.78. The van der Waals surface area contributed by atoms with E-state index < -0.39 is 5.82 Å². The number of nitrogens with zero attached hydrogens (tertiary/aromatic N) is 2. The molecule has 1 aliphatic carbocycles. The van der Waals surface area contributed by atoms with Gasteiger partial charge in [0.25, 0.3) is 0 Å². The van der Waals surface area contributed by atoms with E-state index in [0.29, 0.717) is 5.95 Å². The number of halogens is 1. The molecule has 0 unspecified atom stereocenters. The molecule has 2 rings (SSSR count). The third kappa shape index (κ3) is 3.03. The van der Waals surface area contributed by atoms with Crippen LogP contribution in [-0.2, 0) is 0 Å². The summed E-state index contributed by atoms with van der Waals surface area (Å²) in [5.41, 5.74) is 0. The molecule has 1 aromatic heterocycles. The number of nitrogens with one attached hydrogen (secondary N) is 2. The first-order valence-corrected chi connectivity index (χ1v) is 5.84. The Kier molecular flexibility index (Phi) is 3.73. The number of hydrogen-bond acceptors (Lipinski definition) is 5. The Bertz CT molecular complexity index is 380. The monoisotopic (exact) mass is 240 g/mol. The Morgan fingerprint density at radius 2 is 2.06 bits per heavy atom. The fraction of sp³-hybridized carbons (Fsp3) is 0.636. The van der Waals surface area contributed by atoms with E-state index in [9.17, 15) is 9.50 Å². The van der Waals surface area contributed by atoms with Crippen molar-refractivity contribution in [1.82, 2.24) is 9.97 Å². The molecule has 0 saturated heterocycles. The number of aliphatic hydroxyl groups is 1. The van der Waals surface area contributed by atoms with Gasteiger partial charge in [-0.05, 0) is 25.7 Å². The Morgan fingerprint density at radius 3 is 2.71 bits per heavy atom. The van der Waals surface area contributed by atoms with E-state index in [1.165, 1.54) is 0 Å². The summed E-state index contributed by atoms with van der Waals surface area (Å²) in [6.07, 6.45) is 4.11. The van der Waals surface area contributed by atoms with Crippen LogP contribution < -0.4 is 10.6 Å². The summed E-state index contributed by atoms with van der Waals surface area (Å²) in [5, 5.41) is 15.2. The zero-order valence-electron chi connectivity index (χ0n) is 9.78. The topological polar surface area (TPSA) is 70.1 Å². The van der Waals surface area contributed by atoms with Crippen molar-refractivity contribution in [3.8, 4) is 0 Å². The largest absolute Gasteiger partial charge is 0.393 e. The van der Waals surface area contributed by atoms with Crippen LogP contribution in [0.2, 0.25) is 0 Å². The van der Waals surface area contributed by atoms with Crippen LogP contribution in [0, 0.1) is 5.82 Å². The van der Waals surface area contributed by atoms with Gasteiger partial charge < -0.3 is 15.7 Å². The lowest BCUT2D eigenvalue weighted by Gasteiger charge is -2.26. The first-order valence-electron chi connectivity index (χ1n) is 5.84. The van der Waals surface area contributed by atoms with Crippen molar-refractivity contribution in [3.05, 3.63) is 12.0 Å². The van der Waals surface area contributed by atoms with Gasteiger partial charge in [-0.25, -0.2) is 9.37 Å². The van der Waals surface area contributed by atoms with Gasteiger partial charge in [-0.3, -0.25) is 0 Å². The van der Waals surface area contributed by atoms with Crippen LogP contribution in [0.3, 0.4) is 0 Å². The molecule has 0 amide bonds. The Balaban J connectivity index is 2.02. The molecule has 5 nitrogen and oxygen atoms in total. The molecule has 0 aromatic carbocycles. The maximum absolute atomic E-state index is 13.5. The first-order chi connectivity index (χ1) is 8.19. The molecule has 1 fully saturated rings. The molecule has 17 heavy (non-hydrogen) atoms. The lowest BCUT2D eigenvalue weighted by atomic mass is 9.93. The smallest absolute Gasteiger partial charge is 0.224 e. The Hall–Kier alpha value is -1.43. The molecule has 1 aromatic rings. The van der Waals surface area contributed by atoms with E-state index >= 15 is 0 Å². The predicted molar refractivity (Wildman–Crippen MR) is 63.4 cm³/mol. The van der Waals surface area contributed by atoms with Gasteiger partial charge in [-0.1, -0.05) is 0 Å². The molecule has 1 saturated carbocycles. The predicted octanol–water partition coefficient (Wildman–Crippen LogP) is 1.37. The number of aliphatic hydroxyl groups excluding tert-OH is 1. The minimum absolute atomic E-state index is 0.174. The second-order valence-corrected chi connectivity index (χ2v) is 4.29. The van der Waals surface area contributed by atoms with Gasteiger partial charge in [0.15, 0.2) is 11.6 Å². The summed E-state index contributed by atoms with van der Waals surface area (Å²) in [4.78, 5) is 7.82. The SMILES string of the molecule is CNc1ncc(F)c(NC2CCC(O)CC2)n1. The Morgan fingerprint density at radius 1 is 1.35 bits per heavy atom. The van der Waals surface area contributed by atoms with E-state index in [1.54, 1.807) is 7.05 Å². The molecule has 1 heterocycles. The van der Waals surface area contributed by atoms with Gasteiger partial charge in [-0.15, -0.1) is 0 Å². The van der Waals surface area contributed by atoms with Crippen molar-refractivity contribution in [2.75, 3.05) is 17.7 Å². The van der Waals surface area contributed by atoms with Gasteiger partial charge in [0.2, 0.25) is 5.95 Å². The van der Waals surface area contributed by atoms with Gasteiger partial charge >= 0.3 is 0 Å². The van der Waals surface area contributed by atoms with Crippen LogP contribution in [0.15, 0.2) is 6.20 Å². The van der Waals surface area contributed by atoms with E-state index in [2.05, 4.69) is 20.6 Å². The maximum Gasteiger partial charge on any atom is 0.224 e. The van der Waals surface area contributed by atoms with Crippen LogP contribution in [-0.4, -0.2) is 34.3 Å². The third-order valence-electron chi connectivity index (χ3n) is 3.01. The number of anilines is 2. The highest BCUT2D eigenvalue weighted by atomic mass is 19.1. The van der Waals surface area contributed by atoms with Gasteiger partial charge in [0.05, 0.1) is 12.3 Å². The second kappa shape index (κ2) is 5.27. The van der Waals surface area contributed by atoms with E-state index in [4.69, 9.17) is 0 Å². The molecule has 3 N–H and O–H groups in total.